The molecule has 1 fully saturated rings. The molecule has 8 heteroatoms. The number of nitrogens with one attached hydrogen (secondary N) is 2. The van der Waals surface area contributed by atoms with Crippen LogP contribution in [0.2, 0.25) is 0 Å². The van der Waals surface area contributed by atoms with E-state index in [1.165, 1.54) is 0 Å². The molecule has 1 aliphatic carbocycles. The molecule has 1 aliphatic rings. The number of hydrogen-bond donors (Lipinski definition) is 2. The zero-order valence-electron chi connectivity index (χ0n) is 18.4. The second-order valence-corrected chi connectivity index (χ2v) is 8.03. The molecule has 2 N–H and O–H groups in total. The van der Waals surface area contributed by atoms with Crippen molar-refractivity contribution in [1.82, 2.24) is 10.6 Å². The Morgan fingerprint density at radius 2 is 1.84 bits per heavy atom. The first-order chi connectivity index (χ1) is 14.8. The molecular weight excluding hydrogens is 398 g/mol. The van der Waals surface area contributed by atoms with Crippen molar-refractivity contribution in [1.29, 1.82) is 5.26 Å². The van der Waals surface area contributed by atoms with Crippen LogP contribution in [0.25, 0.3) is 0 Å². The molecule has 1 saturated carbocycles. The molecule has 1 aromatic rings. The first kappa shape index (κ1) is 24.2. The van der Waals surface area contributed by atoms with E-state index in [2.05, 4.69) is 16.7 Å². The first-order valence-electron chi connectivity index (χ1n) is 10.7. The van der Waals surface area contributed by atoms with Crippen molar-refractivity contribution in [2.24, 2.45) is 5.92 Å². The van der Waals surface area contributed by atoms with Crippen LogP contribution in [0.1, 0.15) is 63.2 Å². The molecule has 31 heavy (non-hydrogen) atoms. The standard InChI is InChI=1S/C23H31N3O5/c1-4-30-18-11-7-6-10-17(18)21(28)25-20(16(2)3)22(29)31-14-19(27)26-23(15-24)12-8-5-9-13-23/h6-7,10-11,16,20H,4-5,8-9,12-14H2,1-3H3,(H,25,28)(H,26,27)/t20-/m0/s1. The van der Waals surface area contributed by atoms with Gasteiger partial charge < -0.3 is 20.1 Å². The fraction of sp³-hybridized carbons (Fsp3) is 0.565. The molecule has 0 saturated heterocycles. The van der Waals surface area contributed by atoms with Gasteiger partial charge in [-0.05, 0) is 37.8 Å². The van der Waals surface area contributed by atoms with Gasteiger partial charge in [0.15, 0.2) is 6.61 Å². The summed E-state index contributed by atoms with van der Waals surface area (Å²) in [6.45, 7) is 5.26. The van der Waals surface area contributed by atoms with Crippen molar-refractivity contribution in [3.05, 3.63) is 29.8 Å². The lowest BCUT2D eigenvalue weighted by Gasteiger charge is -2.31. The summed E-state index contributed by atoms with van der Waals surface area (Å²) in [5, 5.41) is 14.9. The number of carbonyl (C=O) groups excluding carboxylic acids is 3. The van der Waals surface area contributed by atoms with Crippen LogP contribution in [0, 0.1) is 17.2 Å². The predicted octanol–water partition coefficient (Wildman–Crippen LogP) is 2.73. The van der Waals surface area contributed by atoms with Crippen LogP contribution in [0.4, 0.5) is 0 Å². The number of amides is 2. The van der Waals surface area contributed by atoms with Gasteiger partial charge in [0.05, 0.1) is 18.2 Å². The molecule has 1 atom stereocenters. The second-order valence-electron chi connectivity index (χ2n) is 8.03. The average molecular weight is 430 g/mol. The largest absolute Gasteiger partial charge is 0.493 e. The van der Waals surface area contributed by atoms with Gasteiger partial charge in [-0.15, -0.1) is 0 Å². The Hall–Kier alpha value is -3.08. The molecule has 0 aliphatic heterocycles. The van der Waals surface area contributed by atoms with E-state index >= 15 is 0 Å². The van der Waals surface area contributed by atoms with Crippen molar-refractivity contribution >= 4 is 17.8 Å². The smallest absolute Gasteiger partial charge is 0.329 e. The number of benzene rings is 1. The molecule has 0 unspecified atom stereocenters. The molecule has 1 aromatic carbocycles. The third-order valence-electron chi connectivity index (χ3n) is 5.28. The molecule has 2 amide bonds. The molecule has 0 spiro atoms. The monoisotopic (exact) mass is 429 g/mol. The SMILES string of the molecule is CCOc1ccccc1C(=O)N[C@H](C(=O)OCC(=O)NC1(C#N)CCCCC1)C(C)C. The Labute approximate surface area is 183 Å². The Morgan fingerprint density at radius 3 is 2.45 bits per heavy atom. The van der Waals surface area contributed by atoms with E-state index in [9.17, 15) is 19.6 Å². The van der Waals surface area contributed by atoms with E-state index in [-0.39, 0.29) is 5.92 Å². The molecule has 168 valence electrons. The van der Waals surface area contributed by atoms with Gasteiger partial charge in [0.2, 0.25) is 0 Å². The highest BCUT2D eigenvalue weighted by Crippen LogP contribution is 2.27. The molecule has 8 nitrogen and oxygen atoms in total. The summed E-state index contributed by atoms with van der Waals surface area (Å²) in [5.41, 5.74) is -0.579. The third-order valence-corrected chi connectivity index (χ3v) is 5.28. The van der Waals surface area contributed by atoms with Crippen molar-refractivity contribution in [3.63, 3.8) is 0 Å². The minimum Gasteiger partial charge on any atom is -0.493 e. The van der Waals surface area contributed by atoms with Gasteiger partial charge in [-0.1, -0.05) is 45.2 Å². The lowest BCUT2D eigenvalue weighted by atomic mass is 9.83. The van der Waals surface area contributed by atoms with Crippen LogP contribution in [0.5, 0.6) is 5.75 Å². The number of hydrogen-bond acceptors (Lipinski definition) is 6. The van der Waals surface area contributed by atoms with Crippen molar-refractivity contribution in [3.8, 4) is 11.8 Å². The average Bonchev–Trinajstić information content (AvgIpc) is 2.76. The number of nitriles is 1. The maximum Gasteiger partial charge on any atom is 0.329 e. The number of ether oxygens (including phenoxy) is 2. The van der Waals surface area contributed by atoms with E-state index in [1.807, 2.05) is 6.92 Å². The van der Waals surface area contributed by atoms with E-state index in [0.717, 1.165) is 19.3 Å². The van der Waals surface area contributed by atoms with Crippen LogP contribution >= 0.6 is 0 Å². The highest BCUT2D eigenvalue weighted by molar-refractivity contribution is 5.99. The lowest BCUT2D eigenvalue weighted by Crippen LogP contribution is -2.51. The molecular formula is C23H31N3O5. The first-order valence-corrected chi connectivity index (χ1v) is 10.7. The molecule has 0 aromatic heterocycles. The van der Waals surface area contributed by atoms with E-state index in [4.69, 9.17) is 9.47 Å². The van der Waals surface area contributed by atoms with Crippen LogP contribution in [-0.4, -0.2) is 42.6 Å². The highest BCUT2D eigenvalue weighted by atomic mass is 16.5. The van der Waals surface area contributed by atoms with Gasteiger partial charge in [0.25, 0.3) is 11.8 Å². The zero-order chi connectivity index (χ0) is 22.9. The predicted molar refractivity (Wildman–Crippen MR) is 114 cm³/mol. The number of nitrogens with zero attached hydrogens (tertiary/aromatic N) is 1. The van der Waals surface area contributed by atoms with Gasteiger partial charge in [-0.3, -0.25) is 9.59 Å². The summed E-state index contributed by atoms with van der Waals surface area (Å²) in [5.74, 6) is -1.53. The topological polar surface area (TPSA) is 118 Å². The minimum atomic E-state index is -0.936. The Morgan fingerprint density at radius 1 is 1.16 bits per heavy atom. The number of carbonyl (C=O) groups is 3. The van der Waals surface area contributed by atoms with E-state index in [0.29, 0.717) is 30.8 Å². The Balaban J connectivity index is 1.97. The van der Waals surface area contributed by atoms with Gasteiger partial charge in [0.1, 0.15) is 17.3 Å². The fourth-order valence-corrected chi connectivity index (χ4v) is 3.60. The zero-order valence-corrected chi connectivity index (χ0v) is 18.4. The number of rotatable bonds is 9. The summed E-state index contributed by atoms with van der Waals surface area (Å²) < 4.78 is 10.6. The minimum absolute atomic E-state index is 0.262. The maximum atomic E-state index is 12.7. The van der Waals surface area contributed by atoms with Crippen LogP contribution in [0.15, 0.2) is 24.3 Å². The second kappa shape index (κ2) is 11.3. The van der Waals surface area contributed by atoms with Crippen molar-refractivity contribution in [2.45, 2.75) is 64.5 Å². The Bertz CT molecular complexity index is 825. The van der Waals surface area contributed by atoms with Crippen LogP contribution in [-0.2, 0) is 14.3 Å². The summed E-state index contributed by atoms with van der Waals surface area (Å²) in [6.07, 6.45) is 3.97. The molecule has 0 radical (unpaired) electrons. The summed E-state index contributed by atoms with van der Waals surface area (Å²) in [6, 6.07) is 8.02. The van der Waals surface area contributed by atoms with Gasteiger partial charge in [-0.25, -0.2) is 4.79 Å². The maximum absolute atomic E-state index is 12.7. The summed E-state index contributed by atoms with van der Waals surface area (Å²) in [7, 11) is 0. The molecule has 0 bridgehead atoms. The lowest BCUT2D eigenvalue weighted by molar-refractivity contribution is -0.151. The van der Waals surface area contributed by atoms with Gasteiger partial charge >= 0.3 is 5.97 Å². The van der Waals surface area contributed by atoms with E-state index in [1.54, 1.807) is 38.1 Å². The summed E-state index contributed by atoms with van der Waals surface area (Å²) in [4.78, 5) is 37.6. The molecule has 2 rings (SSSR count). The van der Waals surface area contributed by atoms with Crippen molar-refractivity contribution < 1.29 is 23.9 Å². The quantitative estimate of drug-likeness (QED) is 0.583. The third kappa shape index (κ3) is 6.71. The fourth-order valence-electron chi connectivity index (χ4n) is 3.60. The van der Waals surface area contributed by atoms with Crippen molar-refractivity contribution in [2.75, 3.05) is 13.2 Å². The van der Waals surface area contributed by atoms with Gasteiger partial charge in [-0.2, -0.15) is 5.26 Å². The highest BCUT2D eigenvalue weighted by Gasteiger charge is 2.34. The molecule has 0 heterocycles. The number of para-hydroxylation sites is 1. The normalized spacial score (nSPS) is 16.0. The Kier molecular flexibility index (Phi) is 8.86. The van der Waals surface area contributed by atoms with Gasteiger partial charge in [0, 0.05) is 0 Å². The number of esters is 1. The summed E-state index contributed by atoms with van der Waals surface area (Å²) >= 11 is 0. The van der Waals surface area contributed by atoms with Crippen LogP contribution < -0.4 is 15.4 Å². The van der Waals surface area contributed by atoms with E-state index < -0.39 is 36.0 Å². The van der Waals surface area contributed by atoms with Crippen LogP contribution in [0.3, 0.4) is 0 Å².